The van der Waals surface area contributed by atoms with Crippen molar-refractivity contribution in [2.45, 2.75) is 44.2 Å². The van der Waals surface area contributed by atoms with Gasteiger partial charge in [0.05, 0.1) is 40.4 Å². The van der Waals surface area contributed by atoms with Gasteiger partial charge in [-0.3, -0.25) is 14.5 Å². The van der Waals surface area contributed by atoms with Crippen LogP contribution in [0.25, 0.3) is 0 Å². The van der Waals surface area contributed by atoms with Crippen molar-refractivity contribution in [1.82, 2.24) is 5.32 Å². The maximum atomic E-state index is 14.2. The molecule has 1 aromatic heterocycles. The molecule has 1 aliphatic carbocycles. The van der Waals surface area contributed by atoms with Crippen molar-refractivity contribution in [2.75, 3.05) is 33.3 Å². The summed E-state index contributed by atoms with van der Waals surface area (Å²) in [4.78, 5) is 29.6. The zero-order valence-corrected chi connectivity index (χ0v) is 22.2. The van der Waals surface area contributed by atoms with E-state index in [1.54, 1.807) is 48.5 Å². The van der Waals surface area contributed by atoms with Gasteiger partial charge in [0.25, 0.3) is 5.91 Å². The first kappa shape index (κ1) is 26.9. The first-order chi connectivity index (χ1) is 18.5. The number of benzene rings is 2. The van der Waals surface area contributed by atoms with Crippen LogP contribution in [0.5, 0.6) is 23.0 Å². The molecule has 0 radical (unpaired) electrons. The summed E-state index contributed by atoms with van der Waals surface area (Å²) in [5.74, 6) is 0.778. The molecular weight excluding hydrogens is 488 g/mol. The number of ether oxygens (including phenoxy) is 4. The molecule has 2 aromatic carbocycles. The number of amides is 2. The topological polar surface area (TPSA) is 99.5 Å². The smallest absolute Gasteiger partial charge is 0.295 e. The molecule has 0 spiro atoms. The van der Waals surface area contributed by atoms with Crippen molar-refractivity contribution in [1.29, 1.82) is 0 Å². The quantitative estimate of drug-likeness (QED) is 0.393. The fraction of sp³-hybridized carbons (Fsp3) is 0.379. The molecule has 38 heavy (non-hydrogen) atoms. The van der Waals surface area contributed by atoms with E-state index in [2.05, 4.69) is 5.32 Å². The van der Waals surface area contributed by atoms with Crippen molar-refractivity contribution in [2.24, 2.45) is 0 Å². The highest BCUT2D eigenvalue weighted by atomic mass is 16.5. The fourth-order valence-corrected chi connectivity index (χ4v) is 4.92. The van der Waals surface area contributed by atoms with Crippen LogP contribution in [-0.4, -0.2) is 46.3 Å². The number of furan rings is 1. The van der Waals surface area contributed by atoms with Crippen LogP contribution in [0.1, 0.15) is 54.3 Å². The van der Waals surface area contributed by atoms with Gasteiger partial charge in [-0.1, -0.05) is 31.4 Å². The fourth-order valence-electron chi connectivity index (χ4n) is 4.92. The Balaban J connectivity index is 1.92. The van der Waals surface area contributed by atoms with Crippen LogP contribution in [0.2, 0.25) is 0 Å². The van der Waals surface area contributed by atoms with Gasteiger partial charge in [-0.25, -0.2) is 0 Å². The van der Waals surface area contributed by atoms with Gasteiger partial charge in [0.15, 0.2) is 17.3 Å². The molecule has 9 nitrogen and oxygen atoms in total. The minimum Gasteiger partial charge on any atom is -0.495 e. The zero-order chi connectivity index (χ0) is 27.1. The molecule has 0 saturated heterocycles. The Bertz CT molecular complexity index is 1210. The number of carbonyl (C=O) groups is 2. The van der Waals surface area contributed by atoms with Crippen LogP contribution >= 0.6 is 0 Å². The van der Waals surface area contributed by atoms with Gasteiger partial charge in [0, 0.05) is 6.04 Å². The largest absolute Gasteiger partial charge is 0.495 e. The highest BCUT2D eigenvalue weighted by Crippen LogP contribution is 2.43. The number of para-hydroxylation sites is 2. The summed E-state index contributed by atoms with van der Waals surface area (Å²) in [5, 5.41) is 3.19. The molecule has 9 heteroatoms. The monoisotopic (exact) mass is 522 g/mol. The molecule has 1 fully saturated rings. The van der Waals surface area contributed by atoms with E-state index in [9.17, 15) is 9.59 Å². The Labute approximate surface area is 222 Å². The highest BCUT2D eigenvalue weighted by Gasteiger charge is 2.38. The minimum atomic E-state index is -1.11. The van der Waals surface area contributed by atoms with Crippen molar-refractivity contribution in [3.8, 4) is 23.0 Å². The molecule has 0 bridgehead atoms. The number of nitrogens with zero attached hydrogens (tertiary/aromatic N) is 1. The predicted octanol–water partition coefficient (Wildman–Crippen LogP) is 5.15. The predicted molar refractivity (Wildman–Crippen MR) is 142 cm³/mol. The van der Waals surface area contributed by atoms with Gasteiger partial charge in [-0.2, -0.15) is 0 Å². The summed E-state index contributed by atoms with van der Waals surface area (Å²) >= 11 is 0. The second kappa shape index (κ2) is 12.4. The summed E-state index contributed by atoms with van der Waals surface area (Å²) in [6.45, 7) is 0. The maximum absolute atomic E-state index is 14.2. The molecule has 0 aliphatic heterocycles. The second-order valence-corrected chi connectivity index (χ2v) is 9.03. The van der Waals surface area contributed by atoms with Gasteiger partial charge in [-0.05, 0) is 54.8 Å². The van der Waals surface area contributed by atoms with Gasteiger partial charge in [0.2, 0.25) is 11.7 Å². The number of hydrogen-bond acceptors (Lipinski definition) is 7. The third kappa shape index (κ3) is 5.56. The van der Waals surface area contributed by atoms with Crippen molar-refractivity contribution in [3.05, 3.63) is 66.1 Å². The summed E-state index contributed by atoms with van der Waals surface area (Å²) < 4.78 is 27.7. The molecule has 1 heterocycles. The number of nitrogens with one attached hydrogen (secondary N) is 1. The lowest BCUT2D eigenvalue weighted by Crippen LogP contribution is -2.47. The maximum Gasteiger partial charge on any atom is 0.295 e. The molecule has 0 unspecified atom stereocenters. The molecule has 2 amide bonds. The summed E-state index contributed by atoms with van der Waals surface area (Å²) in [6.07, 6.45) is 6.42. The molecule has 4 rings (SSSR count). The van der Waals surface area contributed by atoms with Crippen LogP contribution in [0.15, 0.2) is 59.2 Å². The minimum absolute atomic E-state index is 0.0130. The lowest BCUT2D eigenvalue weighted by molar-refractivity contribution is -0.123. The Kier molecular flexibility index (Phi) is 8.78. The van der Waals surface area contributed by atoms with E-state index in [0.717, 1.165) is 32.1 Å². The third-order valence-electron chi connectivity index (χ3n) is 6.76. The van der Waals surface area contributed by atoms with E-state index >= 15 is 0 Å². The first-order valence-corrected chi connectivity index (χ1v) is 12.6. The van der Waals surface area contributed by atoms with E-state index < -0.39 is 11.9 Å². The Hall–Kier alpha value is -4.14. The van der Waals surface area contributed by atoms with Crippen LogP contribution < -0.4 is 29.2 Å². The number of anilines is 1. The van der Waals surface area contributed by atoms with Crippen molar-refractivity contribution >= 4 is 17.5 Å². The summed E-state index contributed by atoms with van der Waals surface area (Å²) in [7, 11) is 6.04. The van der Waals surface area contributed by atoms with Crippen molar-refractivity contribution < 1.29 is 33.0 Å². The third-order valence-corrected chi connectivity index (χ3v) is 6.76. The van der Waals surface area contributed by atoms with E-state index in [-0.39, 0.29) is 17.7 Å². The van der Waals surface area contributed by atoms with Gasteiger partial charge < -0.3 is 28.7 Å². The van der Waals surface area contributed by atoms with Gasteiger partial charge in [0.1, 0.15) is 11.8 Å². The summed E-state index contributed by atoms with van der Waals surface area (Å²) in [6, 6.07) is 12.5. The first-order valence-electron chi connectivity index (χ1n) is 12.6. The zero-order valence-electron chi connectivity index (χ0n) is 22.2. The normalized spacial score (nSPS) is 14.3. The van der Waals surface area contributed by atoms with E-state index in [0.29, 0.717) is 34.2 Å². The number of rotatable bonds is 10. The number of carbonyl (C=O) groups excluding carboxylic acids is 2. The van der Waals surface area contributed by atoms with E-state index in [4.69, 9.17) is 23.4 Å². The SMILES string of the molecule is COc1ccccc1N(C(=O)c1ccco1)[C@H](C(=O)NC1CCCCC1)c1cc(OC)c(OC)c(OC)c1. The van der Waals surface area contributed by atoms with Crippen LogP contribution in [0.3, 0.4) is 0 Å². The van der Waals surface area contributed by atoms with E-state index in [1.165, 1.54) is 39.6 Å². The van der Waals surface area contributed by atoms with Crippen LogP contribution in [-0.2, 0) is 4.79 Å². The van der Waals surface area contributed by atoms with Crippen LogP contribution in [0.4, 0.5) is 5.69 Å². The number of hydrogen-bond donors (Lipinski definition) is 1. The average Bonchev–Trinajstić information content (AvgIpc) is 3.50. The second-order valence-electron chi connectivity index (χ2n) is 9.03. The van der Waals surface area contributed by atoms with Crippen LogP contribution in [0, 0.1) is 0 Å². The van der Waals surface area contributed by atoms with Crippen molar-refractivity contribution in [3.63, 3.8) is 0 Å². The molecule has 1 saturated carbocycles. The lowest BCUT2D eigenvalue weighted by Gasteiger charge is -2.34. The molecule has 1 N–H and O–H groups in total. The van der Waals surface area contributed by atoms with Gasteiger partial charge >= 0.3 is 0 Å². The Morgan fingerprint density at radius 1 is 0.868 bits per heavy atom. The molecule has 1 atom stereocenters. The van der Waals surface area contributed by atoms with Gasteiger partial charge in [-0.15, -0.1) is 0 Å². The molecule has 3 aromatic rings. The Morgan fingerprint density at radius 2 is 1.53 bits per heavy atom. The molecular formula is C29H34N2O7. The molecule has 1 aliphatic rings. The lowest BCUT2D eigenvalue weighted by atomic mass is 9.94. The highest BCUT2D eigenvalue weighted by molar-refractivity contribution is 6.09. The summed E-state index contributed by atoms with van der Waals surface area (Å²) in [5.41, 5.74) is 0.882. The average molecular weight is 523 g/mol. The molecule has 202 valence electrons. The number of methoxy groups -OCH3 is 4. The standard InChI is InChI=1S/C29H34N2O7/c1-34-22-14-9-8-13-21(22)31(29(33)23-15-10-16-38-23)26(28(32)30-20-11-6-5-7-12-20)19-17-24(35-2)27(37-4)25(18-19)36-3/h8-10,13-18,20,26H,5-7,11-12H2,1-4H3,(H,30,32)/t26-/m0/s1. The van der Waals surface area contributed by atoms with E-state index in [1.807, 2.05) is 0 Å². The Morgan fingerprint density at radius 3 is 2.11 bits per heavy atom.